The summed E-state index contributed by atoms with van der Waals surface area (Å²) in [7, 11) is 0. The number of aliphatic carboxylic acids is 1. The highest BCUT2D eigenvalue weighted by molar-refractivity contribution is 5.76. The SMILES string of the molecule is CC(C)N(CCC#N)C(=O)N1CCOCC1CC(=O)O. The molecule has 1 aliphatic rings. The molecule has 1 saturated heterocycles. The lowest BCUT2D eigenvalue weighted by Gasteiger charge is -2.39. The van der Waals surface area contributed by atoms with Gasteiger partial charge in [0.25, 0.3) is 0 Å². The van der Waals surface area contributed by atoms with Crippen molar-refractivity contribution in [2.75, 3.05) is 26.3 Å². The van der Waals surface area contributed by atoms with Gasteiger partial charge in [-0.2, -0.15) is 5.26 Å². The predicted octanol–water partition coefficient (Wildman–Crippen LogP) is 0.906. The number of ether oxygens (including phenoxy) is 1. The molecule has 1 heterocycles. The van der Waals surface area contributed by atoms with Gasteiger partial charge in [0.2, 0.25) is 0 Å². The molecule has 1 rings (SSSR count). The molecule has 2 amide bonds. The van der Waals surface area contributed by atoms with E-state index in [0.29, 0.717) is 19.7 Å². The zero-order valence-electron chi connectivity index (χ0n) is 11.9. The number of hydrogen-bond acceptors (Lipinski definition) is 4. The van der Waals surface area contributed by atoms with E-state index in [-0.39, 0.29) is 31.5 Å². The molecule has 0 aromatic rings. The van der Waals surface area contributed by atoms with Crippen molar-refractivity contribution >= 4 is 12.0 Å². The zero-order valence-corrected chi connectivity index (χ0v) is 11.9. The standard InChI is InChI=1S/C13H21N3O4/c1-10(2)15(5-3-4-14)13(19)16-6-7-20-9-11(16)8-12(17)18/h10-11H,3,5-9H2,1-2H3,(H,17,18). The third-order valence-electron chi connectivity index (χ3n) is 3.22. The molecule has 20 heavy (non-hydrogen) atoms. The van der Waals surface area contributed by atoms with Crippen LogP contribution in [0.15, 0.2) is 0 Å². The van der Waals surface area contributed by atoms with Crippen LogP contribution in [0.4, 0.5) is 4.79 Å². The van der Waals surface area contributed by atoms with Gasteiger partial charge in [-0.25, -0.2) is 4.79 Å². The van der Waals surface area contributed by atoms with Crippen molar-refractivity contribution in [1.82, 2.24) is 9.80 Å². The van der Waals surface area contributed by atoms with Gasteiger partial charge < -0.3 is 19.6 Å². The third-order valence-corrected chi connectivity index (χ3v) is 3.22. The second-order valence-electron chi connectivity index (χ2n) is 5.00. The topological polar surface area (TPSA) is 93.9 Å². The summed E-state index contributed by atoms with van der Waals surface area (Å²) < 4.78 is 5.26. The first-order chi connectivity index (χ1) is 9.47. The molecule has 0 aliphatic carbocycles. The number of hydrogen-bond donors (Lipinski definition) is 1. The van der Waals surface area contributed by atoms with Crippen LogP contribution in [-0.2, 0) is 9.53 Å². The van der Waals surface area contributed by atoms with E-state index in [2.05, 4.69) is 0 Å². The van der Waals surface area contributed by atoms with Crippen molar-refractivity contribution in [2.45, 2.75) is 38.8 Å². The van der Waals surface area contributed by atoms with Crippen LogP contribution in [0.2, 0.25) is 0 Å². The fourth-order valence-corrected chi connectivity index (χ4v) is 2.19. The maximum atomic E-state index is 12.5. The Labute approximate surface area is 118 Å². The van der Waals surface area contributed by atoms with E-state index in [0.717, 1.165) is 0 Å². The lowest BCUT2D eigenvalue weighted by atomic mass is 10.1. The monoisotopic (exact) mass is 283 g/mol. The van der Waals surface area contributed by atoms with Crippen molar-refractivity contribution in [3.8, 4) is 6.07 Å². The van der Waals surface area contributed by atoms with E-state index in [1.54, 1.807) is 9.80 Å². The Morgan fingerprint density at radius 3 is 2.80 bits per heavy atom. The minimum Gasteiger partial charge on any atom is -0.481 e. The third kappa shape index (κ3) is 4.38. The zero-order chi connectivity index (χ0) is 15.1. The predicted molar refractivity (Wildman–Crippen MR) is 71.0 cm³/mol. The number of carboxylic acids is 1. The fraction of sp³-hybridized carbons (Fsp3) is 0.769. The van der Waals surface area contributed by atoms with E-state index < -0.39 is 12.0 Å². The van der Waals surface area contributed by atoms with Gasteiger partial charge in [0, 0.05) is 19.1 Å². The normalized spacial score (nSPS) is 18.7. The minimum atomic E-state index is -0.952. The van der Waals surface area contributed by atoms with Crippen molar-refractivity contribution in [3.05, 3.63) is 0 Å². The first-order valence-electron chi connectivity index (χ1n) is 6.71. The highest BCUT2D eigenvalue weighted by atomic mass is 16.5. The van der Waals surface area contributed by atoms with Crippen LogP contribution < -0.4 is 0 Å². The number of morpholine rings is 1. The quantitative estimate of drug-likeness (QED) is 0.809. The first kappa shape index (κ1) is 16.2. The molecule has 0 saturated carbocycles. The molecule has 0 aromatic heterocycles. The number of amides is 2. The van der Waals surface area contributed by atoms with Crippen LogP contribution >= 0.6 is 0 Å². The Balaban J connectivity index is 2.78. The highest BCUT2D eigenvalue weighted by Crippen LogP contribution is 2.15. The Kier molecular flexibility index (Phi) is 6.25. The molecule has 7 nitrogen and oxygen atoms in total. The lowest BCUT2D eigenvalue weighted by Crippen LogP contribution is -2.55. The maximum Gasteiger partial charge on any atom is 0.320 e. The van der Waals surface area contributed by atoms with Crippen LogP contribution in [0.5, 0.6) is 0 Å². The maximum absolute atomic E-state index is 12.5. The number of nitriles is 1. The summed E-state index contributed by atoms with van der Waals surface area (Å²) in [5.41, 5.74) is 0. The van der Waals surface area contributed by atoms with Gasteiger partial charge in [-0.3, -0.25) is 4.79 Å². The Bertz CT molecular complexity index is 392. The number of urea groups is 1. The van der Waals surface area contributed by atoms with Gasteiger partial charge in [0.1, 0.15) is 0 Å². The largest absolute Gasteiger partial charge is 0.481 e. The molecule has 0 spiro atoms. The summed E-state index contributed by atoms with van der Waals surface area (Å²) in [5.74, 6) is -0.952. The molecular formula is C13H21N3O4. The van der Waals surface area contributed by atoms with E-state index in [9.17, 15) is 9.59 Å². The van der Waals surface area contributed by atoms with Crippen LogP contribution in [0.25, 0.3) is 0 Å². The summed E-state index contributed by atoms with van der Waals surface area (Å²) in [6.45, 7) is 5.13. The van der Waals surface area contributed by atoms with Gasteiger partial charge in [-0.1, -0.05) is 0 Å². The van der Waals surface area contributed by atoms with Crippen molar-refractivity contribution in [3.63, 3.8) is 0 Å². The molecule has 1 atom stereocenters. The van der Waals surface area contributed by atoms with Crippen molar-refractivity contribution in [1.29, 1.82) is 5.26 Å². The summed E-state index contributed by atoms with van der Waals surface area (Å²) in [6.07, 6.45) is 0.133. The number of carboxylic acid groups (broad SMARTS) is 1. The van der Waals surface area contributed by atoms with E-state index >= 15 is 0 Å². The molecule has 1 unspecified atom stereocenters. The Morgan fingerprint density at radius 1 is 1.55 bits per heavy atom. The second-order valence-corrected chi connectivity index (χ2v) is 5.00. The van der Waals surface area contributed by atoms with E-state index in [4.69, 9.17) is 15.1 Å². The van der Waals surface area contributed by atoms with Gasteiger partial charge in [-0.05, 0) is 13.8 Å². The van der Waals surface area contributed by atoms with Gasteiger partial charge in [0.05, 0.1) is 38.2 Å². The molecule has 0 aromatic carbocycles. The Morgan fingerprint density at radius 2 is 2.25 bits per heavy atom. The Hall–Kier alpha value is -1.81. The van der Waals surface area contributed by atoms with Gasteiger partial charge in [0.15, 0.2) is 0 Å². The molecule has 7 heteroatoms. The van der Waals surface area contributed by atoms with Crippen LogP contribution in [-0.4, -0.2) is 65.3 Å². The van der Waals surface area contributed by atoms with Crippen molar-refractivity contribution < 1.29 is 19.4 Å². The molecule has 0 radical (unpaired) electrons. The smallest absolute Gasteiger partial charge is 0.320 e. The molecule has 0 bridgehead atoms. The number of nitrogens with zero attached hydrogens (tertiary/aromatic N) is 3. The first-order valence-corrected chi connectivity index (χ1v) is 6.71. The number of carbonyl (C=O) groups is 2. The van der Waals surface area contributed by atoms with Crippen LogP contribution in [0, 0.1) is 11.3 Å². The minimum absolute atomic E-state index is 0.0378. The lowest BCUT2D eigenvalue weighted by molar-refractivity contribution is -0.139. The van der Waals surface area contributed by atoms with Crippen molar-refractivity contribution in [2.24, 2.45) is 0 Å². The molecule has 112 valence electrons. The summed E-state index contributed by atoms with van der Waals surface area (Å²) in [4.78, 5) is 26.5. The van der Waals surface area contributed by atoms with E-state index in [1.165, 1.54) is 0 Å². The van der Waals surface area contributed by atoms with Gasteiger partial charge in [-0.15, -0.1) is 0 Å². The van der Waals surface area contributed by atoms with E-state index in [1.807, 2.05) is 19.9 Å². The number of rotatable bonds is 5. The molecule has 1 aliphatic heterocycles. The van der Waals surface area contributed by atoms with Crippen LogP contribution in [0.1, 0.15) is 26.7 Å². The van der Waals surface area contributed by atoms with Gasteiger partial charge >= 0.3 is 12.0 Å². The summed E-state index contributed by atoms with van der Waals surface area (Å²) in [6, 6.07) is 1.32. The van der Waals surface area contributed by atoms with Crippen LogP contribution in [0.3, 0.4) is 0 Å². The molecular weight excluding hydrogens is 262 g/mol. The highest BCUT2D eigenvalue weighted by Gasteiger charge is 2.32. The summed E-state index contributed by atoms with van der Waals surface area (Å²) >= 11 is 0. The number of carbonyl (C=O) groups excluding carboxylic acids is 1. The summed E-state index contributed by atoms with van der Waals surface area (Å²) in [5, 5.41) is 17.6. The average molecular weight is 283 g/mol. The fourth-order valence-electron chi connectivity index (χ4n) is 2.19. The molecule has 1 fully saturated rings. The average Bonchev–Trinajstić information content (AvgIpc) is 2.38. The molecule has 1 N–H and O–H groups in total. The second kappa shape index (κ2) is 7.70.